The molecule has 0 saturated carbocycles. The first-order chi connectivity index (χ1) is 12.6. The number of anilines is 1. The third-order valence-corrected chi connectivity index (χ3v) is 4.23. The number of nitrogens with zero attached hydrogens (tertiary/aromatic N) is 2. The third kappa shape index (κ3) is 6.44. The van der Waals surface area contributed by atoms with Crippen LogP contribution in [-0.4, -0.2) is 36.1 Å². The van der Waals surface area contributed by atoms with E-state index in [0.717, 1.165) is 30.9 Å². The molecule has 2 rings (SSSR count). The molecule has 0 unspecified atom stereocenters. The maximum absolute atomic E-state index is 12.1. The van der Waals surface area contributed by atoms with Gasteiger partial charge in [-0.1, -0.05) is 17.7 Å². The van der Waals surface area contributed by atoms with Crippen LogP contribution in [0.5, 0.6) is 0 Å². The minimum absolute atomic E-state index is 0.0812. The highest BCUT2D eigenvalue weighted by Crippen LogP contribution is 2.22. The second kappa shape index (κ2) is 10.5. The van der Waals surface area contributed by atoms with Crippen molar-refractivity contribution < 1.29 is 4.79 Å². The first kappa shape index (κ1) is 19.8. The molecule has 0 radical (unpaired) electrons. The highest BCUT2D eigenvalue weighted by Gasteiger charge is 2.06. The molecule has 2 aromatic rings. The number of hydrogen-bond donors (Lipinski definition) is 3. The Morgan fingerprint density at radius 1 is 1.19 bits per heavy atom. The second-order valence-electron chi connectivity index (χ2n) is 5.82. The highest BCUT2D eigenvalue weighted by atomic mass is 35.5. The second-order valence-corrected chi connectivity index (χ2v) is 6.23. The molecule has 1 amide bonds. The summed E-state index contributed by atoms with van der Waals surface area (Å²) in [6, 6.07) is 9.47. The fourth-order valence-corrected chi connectivity index (χ4v) is 2.56. The summed E-state index contributed by atoms with van der Waals surface area (Å²) in [4.78, 5) is 16.6. The van der Waals surface area contributed by atoms with Crippen molar-refractivity contribution in [2.45, 2.75) is 26.8 Å². The van der Waals surface area contributed by atoms with Crippen molar-refractivity contribution in [2.75, 3.05) is 25.0 Å². The molecule has 0 atom stereocenters. The van der Waals surface area contributed by atoms with Crippen molar-refractivity contribution in [2.24, 2.45) is 4.99 Å². The molecule has 0 spiro atoms. The standard InChI is InChI=1S/C19H26ClN5O/c1-3-21-19(23-11-14-25-12-4-5-13-25)22-10-9-18(26)24-17-8-6-7-16(20)15(17)2/h4-8,12-13H,3,9-11,14H2,1-2H3,(H,24,26)(H2,21,22,23). The quantitative estimate of drug-likeness (QED) is 0.490. The molecule has 26 heavy (non-hydrogen) atoms. The van der Waals surface area contributed by atoms with E-state index in [2.05, 4.69) is 25.5 Å². The van der Waals surface area contributed by atoms with Crippen molar-refractivity contribution in [3.05, 3.63) is 53.3 Å². The summed E-state index contributed by atoms with van der Waals surface area (Å²) in [7, 11) is 0. The van der Waals surface area contributed by atoms with Gasteiger partial charge in [0, 0.05) is 49.2 Å². The van der Waals surface area contributed by atoms with Gasteiger partial charge in [-0.2, -0.15) is 0 Å². The molecule has 0 fully saturated rings. The van der Waals surface area contributed by atoms with E-state index in [1.54, 1.807) is 6.07 Å². The minimum Gasteiger partial charge on any atom is -0.357 e. The topological polar surface area (TPSA) is 70.4 Å². The summed E-state index contributed by atoms with van der Waals surface area (Å²) < 4.78 is 2.09. The van der Waals surface area contributed by atoms with Gasteiger partial charge in [0.1, 0.15) is 0 Å². The Morgan fingerprint density at radius 2 is 1.96 bits per heavy atom. The number of aliphatic imine (C=N–C) groups is 1. The first-order valence-corrected chi connectivity index (χ1v) is 9.16. The molecule has 6 nitrogen and oxygen atoms in total. The van der Waals surface area contributed by atoms with Crippen LogP contribution in [0.2, 0.25) is 5.02 Å². The molecular formula is C19H26ClN5O. The van der Waals surface area contributed by atoms with E-state index >= 15 is 0 Å². The van der Waals surface area contributed by atoms with Gasteiger partial charge < -0.3 is 20.5 Å². The van der Waals surface area contributed by atoms with Crippen LogP contribution in [0.25, 0.3) is 0 Å². The van der Waals surface area contributed by atoms with Gasteiger partial charge in [0.05, 0.1) is 6.54 Å². The lowest BCUT2D eigenvalue weighted by atomic mass is 10.2. The SMILES string of the molecule is CCNC(=NCCC(=O)Nc1cccc(Cl)c1C)NCCn1cccc1. The van der Waals surface area contributed by atoms with Crippen molar-refractivity contribution >= 4 is 29.2 Å². The lowest BCUT2D eigenvalue weighted by Crippen LogP contribution is -2.39. The smallest absolute Gasteiger partial charge is 0.226 e. The summed E-state index contributed by atoms with van der Waals surface area (Å²) >= 11 is 6.07. The predicted octanol–water partition coefficient (Wildman–Crippen LogP) is 3.03. The summed E-state index contributed by atoms with van der Waals surface area (Å²) in [5.74, 6) is 0.633. The van der Waals surface area contributed by atoms with Crippen molar-refractivity contribution in [1.29, 1.82) is 0 Å². The number of hydrogen-bond acceptors (Lipinski definition) is 2. The van der Waals surface area contributed by atoms with E-state index in [1.807, 2.05) is 50.5 Å². The molecule has 1 aromatic heterocycles. The third-order valence-electron chi connectivity index (χ3n) is 3.82. The van der Waals surface area contributed by atoms with Crippen molar-refractivity contribution in [1.82, 2.24) is 15.2 Å². The van der Waals surface area contributed by atoms with E-state index in [-0.39, 0.29) is 5.91 Å². The highest BCUT2D eigenvalue weighted by molar-refractivity contribution is 6.31. The zero-order valence-corrected chi connectivity index (χ0v) is 16.0. The van der Waals surface area contributed by atoms with Gasteiger partial charge in [0.15, 0.2) is 5.96 Å². The van der Waals surface area contributed by atoms with Crippen LogP contribution in [0.15, 0.2) is 47.7 Å². The number of halogens is 1. The van der Waals surface area contributed by atoms with Crippen molar-refractivity contribution in [3.63, 3.8) is 0 Å². The molecule has 0 aliphatic carbocycles. The minimum atomic E-state index is -0.0812. The number of aromatic nitrogens is 1. The molecule has 0 bridgehead atoms. The zero-order chi connectivity index (χ0) is 18.8. The Kier molecular flexibility index (Phi) is 8.02. The van der Waals surface area contributed by atoms with Gasteiger partial charge in [-0.25, -0.2) is 0 Å². The van der Waals surface area contributed by atoms with Crippen LogP contribution < -0.4 is 16.0 Å². The van der Waals surface area contributed by atoms with Crippen molar-refractivity contribution in [3.8, 4) is 0 Å². The van der Waals surface area contributed by atoms with Gasteiger partial charge >= 0.3 is 0 Å². The number of carbonyl (C=O) groups is 1. The molecular weight excluding hydrogens is 350 g/mol. The van der Waals surface area contributed by atoms with Crippen LogP contribution >= 0.6 is 11.6 Å². The summed E-state index contributed by atoms with van der Waals surface area (Å²) in [6.07, 6.45) is 4.35. The van der Waals surface area contributed by atoms with E-state index < -0.39 is 0 Å². The van der Waals surface area contributed by atoms with E-state index in [1.165, 1.54) is 0 Å². The lowest BCUT2D eigenvalue weighted by molar-refractivity contribution is -0.116. The Balaban J connectivity index is 1.78. The van der Waals surface area contributed by atoms with E-state index in [9.17, 15) is 4.79 Å². The predicted molar refractivity (Wildman–Crippen MR) is 108 cm³/mol. The molecule has 0 saturated heterocycles. The first-order valence-electron chi connectivity index (χ1n) is 8.78. The van der Waals surface area contributed by atoms with Gasteiger partial charge in [-0.15, -0.1) is 0 Å². The average molecular weight is 376 g/mol. The Bertz CT molecular complexity index is 728. The number of rotatable bonds is 8. The summed E-state index contributed by atoms with van der Waals surface area (Å²) in [6.45, 7) is 6.68. The van der Waals surface area contributed by atoms with Crippen LogP contribution in [-0.2, 0) is 11.3 Å². The Morgan fingerprint density at radius 3 is 2.69 bits per heavy atom. The fourth-order valence-electron chi connectivity index (χ4n) is 2.39. The number of carbonyl (C=O) groups excluding carboxylic acids is 1. The van der Waals surface area contributed by atoms with Crippen LogP contribution in [0.1, 0.15) is 18.9 Å². The molecule has 0 aliphatic rings. The summed E-state index contributed by atoms with van der Waals surface area (Å²) in [5, 5.41) is 9.97. The fraction of sp³-hybridized carbons (Fsp3) is 0.368. The summed E-state index contributed by atoms with van der Waals surface area (Å²) in [5.41, 5.74) is 1.61. The maximum Gasteiger partial charge on any atom is 0.226 e. The number of amides is 1. The normalized spacial score (nSPS) is 11.3. The largest absolute Gasteiger partial charge is 0.357 e. The molecule has 0 aliphatic heterocycles. The van der Waals surface area contributed by atoms with Gasteiger partial charge in [-0.05, 0) is 43.7 Å². The molecule has 7 heteroatoms. The Labute approximate surface area is 159 Å². The van der Waals surface area contributed by atoms with Gasteiger partial charge in [-0.3, -0.25) is 9.79 Å². The van der Waals surface area contributed by atoms with Crippen LogP contribution in [0.4, 0.5) is 5.69 Å². The van der Waals surface area contributed by atoms with E-state index in [4.69, 9.17) is 11.6 Å². The van der Waals surface area contributed by atoms with E-state index in [0.29, 0.717) is 23.9 Å². The van der Waals surface area contributed by atoms with Gasteiger partial charge in [0.25, 0.3) is 0 Å². The molecule has 1 heterocycles. The van der Waals surface area contributed by atoms with Gasteiger partial charge in [0.2, 0.25) is 5.91 Å². The average Bonchev–Trinajstić information content (AvgIpc) is 3.12. The molecule has 140 valence electrons. The van der Waals surface area contributed by atoms with Crippen LogP contribution in [0, 0.1) is 6.92 Å². The number of nitrogens with one attached hydrogen (secondary N) is 3. The molecule has 3 N–H and O–H groups in total. The maximum atomic E-state index is 12.1. The number of benzene rings is 1. The zero-order valence-electron chi connectivity index (χ0n) is 15.3. The molecule has 1 aromatic carbocycles. The monoisotopic (exact) mass is 375 g/mol. The van der Waals surface area contributed by atoms with Crippen LogP contribution in [0.3, 0.4) is 0 Å². The number of guanidine groups is 1. The lowest BCUT2D eigenvalue weighted by Gasteiger charge is -2.12. The Hall–Kier alpha value is -2.47.